The van der Waals surface area contributed by atoms with E-state index in [4.69, 9.17) is 10.5 Å². The molecule has 100 valence electrons. The summed E-state index contributed by atoms with van der Waals surface area (Å²) in [6.07, 6.45) is 1.72. The molecule has 0 radical (unpaired) electrons. The quantitative estimate of drug-likeness (QED) is 0.892. The molecule has 19 heavy (non-hydrogen) atoms. The number of anilines is 1. The van der Waals surface area contributed by atoms with Crippen LogP contribution in [0.15, 0.2) is 42.6 Å². The summed E-state index contributed by atoms with van der Waals surface area (Å²) in [4.78, 5) is 6.46. The summed E-state index contributed by atoms with van der Waals surface area (Å²) < 4.78 is 5.11. The highest BCUT2D eigenvalue weighted by atomic mass is 16.5. The zero-order chi connectivity index (χ0) is 13.7. The van der Waals surface area contributed by atoms with Crippen molar-refractivity contribution in [1.82, 2.24) is 4.98 Å². The van der Waals surface area contributed by atoms with E-state index in [1.807, 2.05) is 31.3 Å². The lowest BCUT2D eigenvalue weighted by Gasteiger charge is -2.20. The van der Waals surface area contributed by atoms with Gasteiger partial charge in [-0.2, -0.15) is 0 Å². The largest absolute Gasteiger partial charge is 0.495 e. The van der Waals surface area contributed by atoms with Gasteiger partial charge in [-0.3, -0.25) is 0 Å². The molecule has 4 nitrogen and oxygen atoms in total. The normalized spacial score (nSPS) is 10.3. The van der Waals surface area contributed by atoms with Crippen molar-refractivity contribution in [1.29, 1.82) is 0 Å². The molecule has 4 heteroatoms. The molecule has 0 bridgehead atoms. The van der Waals surface area contributed by atoms with E-state index in [0.29, 0.717) is 6.54 Å². The van der Waals surface area contributed by atoms with Crippen molar-refractivity contribution in [2.45, 2.75) is 13.1 Å². The van der Waals surface area contributed by atoms with Crippen LogP contribution in [0.5, 0.6) is 5.75 Å². The van der Waals surface area contributed by atoms with Crippen LogP contribution in [-0.4, -0.2) is 19.1 Å². The number of hydrogen-bond acceptors (Lipinski definition) is 4. The van der Waals surface area contributed by atoms with Gasteiger partial charge < -0.3 is 15.4 Å². The first-order chi connectivity index (χ1) is 9.24. The minimum absolute atomic E-state index is 0.556. The molecule has 0 amide bonds. The molecular weight excluding hydrogens is 238 g/mol. The first-order valence-electron chi connectivity index (χ1n) is 6.22. The van der Waals surface area contributed by atoms with Crippen LogP contribution in [0, 0.1) is 0 Å². The van der Waals surface area contributed by atoms with Gasteiger partial charge in [-0.25, -0.2) is 4.98 Å². The van der Waals surface area contributed by atoms with Gasteiger partial charge in [0.25, 0.3) is 0 Å². The Morgan fingerprint density at radius 2 is 1.89 bits per heavy atom. The molecule has 0 unspecified atom stereocenters. The van der Waals surface area contributed by atoms with Crippen molar-refractivity contribution >= 4 is 5.82 Å². The van der Waals surface area contributed by atoms with Gasteiger partial charge in [0.05, 0.1) is 13.3 Å². The Kier molecular flexibility index (Phi) is 4.36. The number of nitrogens with zero attached hydrogens (tertiary/aromatic N) is 2. The Morgan fingerprint density at radius 3 is 2.47 bits per heavy atom. The van der Waals surface area contributed by atoms with Gasteiger partial charge in [0.15, 0.2) is 0 Å². The fraction of sp³-hybridized carbons (Fsp3) is 0.267. The molecule has 0 fully saturated rings. The maximum atomic E-state index is 5.75. The third kappa shape index (κ3) is 3.23. The summed E-state index contributed by atoms with van der Waals surface area (Å²) in [5.41, 5.74) is 8.15. The number of hydrogen-bond donors (Lipinski definition) is 1. The van der Waals surface area contributed by atoms with E-state index in [1.54, 1.807) is 13.3 Å². The third-order valence-corrected chi connectivity index (χ3v) is 3.09. The standard InChI is InChI=1S/C15H19N3O/c1-18(15-8-7-14(19-2)10-17-15)11-13-6-4-3-5-12(13)9-16/h3-8,10H,9,11,16H2,1-2H3. The predicted molar refractivity (Wildman–Crippen MR) is 77.2 cm³/mol. The van der Waals surface area contributed by atoms with Gasteiger partial charge in [-0.15, -0.1) is 0 Å². The topological polar surface area (TPSA) is 51.4 Å². The fourth-order valence-electron chi connectivity index (χ4n) is 1.97. The molecule has 1 aromatic heterocycles. The lowest BCUT2D eigenvalue weighted by molar-refractivity contribution is 0.413. The van der Waals surface area contributed by atoms with Crippen LogP contribution in [0.1, 0.15) is 11.1 Å². The maximum absolute atomic E-state index is 5.75. The Hall–Kier alpha value is -2.07. The Bertz CT molecular complexity index is 525. The second-order valence-corrected chi connectivity index (χ2v) is 4.39. The number of rotatable bonds is 5. The summed E-state index contributed by atoms with van der Waals surface area (Å²) in [5.74, 6) is 1.67. The van der Waals surface area contributed by atoms with Gasteiger partial charge in [-0.1, -0.05) is 24.3 Å². The van der Waals surface area contributed by atoms with Crippen molar-refractivity contribution in [2.24, 2.45) is 5.73 Å². The Morgan fingerprint density at radius 1 is 1.16 bits per heavy atom. The van der Waals surface area contributed by atoms with Crippen molar-refractivity contribution in [3.63, 3.8) is 0 Å². The van der Waals surface area contributed by atoms with Crippen LogP contribution >= 0.6 is 0 Å². The summed E-state index contributed by atoms with van der Waals surface area (Å²) in [5, 5.41) is 0. The molecule has 0 aliphatic carbocycles. The summed E-state index contributed by atoms with van der Waals surface area (Å²) in [6.45, 7) is 1.34. The molecule has 0 atom stereocenters. The van der Waals surface area contributed by atoms with Crippen LogP contribution < -0.4 is 15.4 Å². The van der Waals surface area contributed by atoms with Crippen LogP contribution in [-0.2, 0) is 13.1 Å². The predicted octanol–water partition coefficient (Wildman–Crippen LogP) is 2.19. The Balaban J connectivity index is 2.13. The summed E-state index contributed by atoms with van der Waals surface area (Å²) >= 11 is 0. The minimum atomic E-state index is 0.556. The fourth-order valence-corrected chi connectivity index (χ4v) is 1.97. The first kappa shape index (κ1) is 13.4. The highest BCUT2D eigenvalue weighted by Gasteiger charge is 2.06. The second-order valence-electron chi connectivity index (χ2n) is 4.39. The van der Waals surface area contributed by atoms with Crippen LogP contribution in [0.25, 0.3) is 0 Å². The molecular formula is C15H19N3O. The molecule has 0 spiro atoms. The summed E-state index contributed by atoms with van der Waals surface area (Å²) in [6, 6.07) is 12.1. The van der Waals surface area contributed by atoms with Gasteiger partial charge in [0, 0.05) is 20.1 Å². The highest BCUT2D eigenvalue weighted by molar-refractivity contribution is 5.42. The zero-order valence-electron chi connectivity index (χ0n) is 11.3. The summed E-state index contributed by atoms with van der Waals surface area (Å²) in [7, 11) is 3.65. The van der Waals surface area contributed by atoms with E-state index in [1.165, 1.54) is 11.1 Å². The van der Waals surface area contributed by atoms with Gasteiger partial charge in [-0.05, 0) is 23.3 Å². The molecule has 2 rings (SSSR count). The van der Waals surface area contributed by atoms with Crippen molar-refractivity contribution in [2.75, 3.05) is 19.1 Å². The third-order valence-electron chi connectivity index (χ3n) is 3.09. The van der Waals surface area contributed by atoms with Gasteiger partial charge in [0.2, 0.25) is 0 Å². The number of aromatic nitrogens is 1. The van der Waals surface area contributed by atoms with Crippen LogP contribution in [0.3, 0.4) is 0 Å². The lowest BCUT2D eigenvalue weighted by atomic mass is 10.1. The molecule has 0 aliphatic heterocycles. The molecule has 1 heterocycles. The monoisotopic (exact) mass is 257 g/mol. The van der Waals surface area contributed by atoms with Crippen molar-refractivity contribution in [3.05, 3.63) is 53.7 Å². The minimum Gasteiger partial charge on any atom is -0.495 e. The number of nitrogens with two attached hydrogens (primary N) is 1. The molecule has 2 N–H and O–H groups in total. The second kappa shape index (κ2) is 6.20. The van der Waals surface area contributed by atoms with Crippen molar-refractivity contribution in [3.8, 4) is 5.75 Å². The van der Waals surface area contributed by atoms with E-state index in [9.17, 15) is 0 Å². The van der Waals surface area contributed by atoms with E-state index >= 15 is 0 Å². The average Bonchev–Trinajstić information content (AvgIpc) is 2.48. The maximum Gasteiger partial charge on any atom is 0.137 e. The average molecular weight is 257 g/mol. The smallest absolute Gasteiger partial charge is 0.137 e. The van der Waals surface area contributed by atoms with Crippen LogP contribution in [0.4, 0.5) is 5.82 Å². The number of pyridine rings is 1. The SMILES string of the molecule is COc1ccc(N(C)Cc2ccccc2CN)nc1. The van der Waals surface area contributed by atoms with Gasteiger partial charge >= 0.3 is 0 Å². The highest BCUT2D eigenvalue weighted by Crippen LogP contribution is 2.17. The van der Waals surface area contributed by atoms with E-state index in [0.717, 1.165) is 18.1 Å². The van der Waals surface area contributed by atoms with Crippen molar-refractivity contribution < 1.29 is 4.74 Å². The lowest BCUT2D eigenvalue weighted by Crippen LogP contribution is -2.19. The molecule has 0 saturated heterocycles. The van der Waals surface area contributed by atoms with Gasteiger partial charge in [0.1, 0.15) is 11.6 Å². The number of methoxy groups -OCH3 is 1. The molecule has 0 saturated carbocycles. The van der Waals surface area contributed by atoms with E-state index in [2.05, 4.69) is 22.0 Å². The van der Waals surface area contributed by atoms with Crippen LogP contribution in [0.2, 0.25) is 0 Å². The molecule has 2 aromatic rings. The number of ether oxygens (including phenoxy) is 1. The molecule has 0 aliphatic rings. The zero-order valence-corrected chi connectivity index (χ0v) is 11.3. The molecule has 1 aromatic carbocycles. The van der Waals surface area contributed by atoms with E-state index < -0.39 is 0 Å². The Labute approximate surface area is 113 Å². The van der Waals surface area contributed by atoms with E-state index in [-0.39, 0.29) is 0 Å². The first-order valence-corrected chi connectivity index (χ1v) is 6.22. The number of benzene rings is 1.